The van der Waals surface area contributed by atoms with Gasteiger partial charge >= 0.3 is 0 Å². The van der Waals surface area contributed by atoms with E-state index in [4.69, 9.17) is 0 Å². The molecule has 5 nitrogen and oxygen atoms in total. The minimum atomic E-state index is -0.214. The molecule has 1 aliphatic rings. The molecule has 5 heteroatoms. The second-order valence-corrected chi connectivity index (χ2v) is 6.81. The van der Waals surface area contributed by atoms with E-state index in [-0.39, 0.29) is 11.9 Å². The van der Waals surface area contributed by atoms with Gasteiger partial charge < -0.3 is 10.2 Å². The number of fused-ring (bicyclic) bond motifs is 1. The molecule has 0 fully saturated rings. The molecule has 0 saturated carbocycles. The van der Waals surface area contributed by atoms with Crippen molar-refractivity contribution in [2.45, 2.75) is 25.9 Å². The first-order chi connectivity index (χ1) is 13.2. The fourth-order valence-electron chi connectivity index (χ4n) is 3.39. The van der Waals surface area contributed by atoms with Crippen LogP contribution in [0.2, 0.25) is 0 Å². The summed E-state index contributed by atoms with van der Waals surface area (Å²) in [5, 5.41) is 2.97. The molecule has 0 radical (unpaired) electrons. The van der Waals surface area contributed by atoms with Crippen molar-refractivity contribution >= 4 is 11.7 Å². The summed E-state index contributed by atoms with van der Waals surface area (Å²) in [6.07, 6.45) is 4.24. The highest BCUT2D eigenvalue weighted by molar-refractivity contribution is 5.92. The van der Waals surface area contributed by atoms with E-state index >= 15 is 0 Å². The van der Waals surface area contributed by atoms with Crippen molar-refractivity contribution in [1.82, 2.24) is 15.3 Å². The Morgan fingerprint density at radius 1 is 1.00 bits per heavy atom. The minimum Gasteiger partial charge on any atom is -0.351 e. The molecule has 1 aliphatic heterocycles. The van der Waals surface area contributed by atoms with Crippen LogP contribution in [-0.4, -0.2) is 22.4 Å². The van der Waals surface area contributed by atoms with E-state index in [1.807, 2.05) is 37.3 Å². The molecule has 0 saturated heterocycles. The van der Waals surface area contributed by atoms with Gasteiger partial charge in [0.05, 0.1) is 18.4 Å². The average Bonchev–Trinajstić information content (AvgIpc) is 2.74. The summed E-state index contributed by atoms with van der Waals surface area (Å²) >= 11 is 0. The first kappa shape index (κ1) is 17.2. The maximum atomic E-state index is 12.5. The number of aromatic nitrogens is 2. The number of nitrogens with zero attached hydrogens (tertiary/aromatic N) is 3. The molecule has 3 aromatic rings. The van der Waals surface area contributed by atoms with Gasteiger partial charge in [0.1, 0.15) is 11.5 Å². The maximum absolute atomic E-state index is 12.5. The first-order valence-corrected chi connectivity index (χ1v) is 9.20. The molecule has 0 spiro atoms. The molecule has 27 heavy (non-hydrogen) atoms. The van der Waals surface area contributed by atoms with Crippen LogP contribution in [0.4, 0.5) is 5.82 Å². The van der Waals surface area contributed by atoms with Crippen LogP contribution < -0.4 is 10.2 Å². The van der Waals surface area contributed by atoms with Crippen molar-refractivity contribution in [3.05, 3.63) is 89.4 Å². The number of benzene rings is 2. The van der Waals surface area contributed by atoms with Gasteiger partial charge in [-0.05, 0) is 30.0 Å². The second kappa shape index (κ2) is 7.58. The summed E-state index contributed by atoms with van der Waals surface area (Å²) in [5.41, 5.74) is 4.11. The van der Waals surface area contributed by atoms with E-state index in [2.05, 4.69) is 44.5 Å². The highest BCUT2D eigenvalue weighted by Gasteiger charge is 2.18. The van der Waals surface area contributed by atoms with E-state index in [1.54, 1.807) is 12.4 Å². The van der Waals surface area contributed by atoms with Crippen molar-refractivity contribution in [3.63, 3.8) is 0 Å². The summed E-state index contributed by atoms with van der Waals surface area (Å²) < 4.78 is 0. The number of hydrogen-bond acceptors (Lipinski definition) is 4. The van der Waals surface area contributed by atoms with Gasteiger partial charge in [-0.3, -0.25) is 4.79 Å². The molecule has 1 unspecified atom stereocenters. The SMILES string of the molecule is CC(NC(=O)c1cnc(N2CCc3ccccc3C2)cn1)c1ccccc1. The predicted octanol–water partition coefficient (Wildman–Crippen LogP) is 3.53. The fourth-order valence-corrected chi connectivity index (χ4v) is 3.39. The van der Waals surface area contributed by atoms with E-state index in [9.17, 15) is 4.79 Å². The normalized spacial score (nSPS) is 14.3. The Bertz CT molecular complexity index is 925. The Kier molecular flexibility index (Phi) is 4.83. The highest BCUT2D eigenvalue weighted by atomic mass is 16.1. The van der Waals surface area contributed by atoms with Gasteiger partial charge in [-0.15, -0.1) is 0 Å². The number of hydrogen-bond donors (Lipinski definition) is 1. The Labute approximate surface area is 159 Å². The molecule has 2 heterocycles. The zero-order chi connectivity index (χ0) is 18.6. The van der Waals surface area contributed by atoms with Gasteiger partial charge in [-0.25, -0.2) is 9.97 Å². The van der Waals surface area contributed by atoms with Crippen molar-refractivity contribution < 1.29 is 4.79 Å². The second-order valence-electron chi connectivity index (χ2n) is 6.81. The summed E-state index contributed by atoms with van der Waals surface area (Å²) in [6.45, 7) is 3.68. The van der Waals surface area contributed by atoms with Crippen LogP contribution in [0.3, 0.4) is 0 Å². The van der Waals surface area contributed by atoms with E-state index in [1.165, 1.54) is 11.1 Å². The molecule has 4 rings (SSSR count). The lowest BCUT2D eigenvalue weighted by molar-refractivity contribution is 0.0934. The van der Waals surface area contributed by atoms with Crippen LogP contribution in [0.1, 0.15) is 40.1 Å². The lowest BCUT2D eigenvalue weighted by Gasteiger charge is -2.29. The lowest BCUT2D eigenvalue weighted by Crippen LogP contribution is -2.31. The average molecular weight is 358 g/mol. The zero-order valence-electron chi connectivity index (χ0n) is 15.3. The standard InChI is InChI=1S/C22H22N4O/c1-16(17-7-3-2-4-8-17)25-22(27)20-13-24-21(14-23-20)26-12-11-18-9-5-6-10-19(18)15-26/h2-10,13-14,16H,11-12,15H2,1H3,(H,25,27). The van der Waals surface area contributed by atoms with Gasteiger partial charge in [0.2, 0.25) is 0 Å². The number of carbonyl (C=O) groups excluding carboxylic acids is 1. The maximum Gasteiger partial charge on any atom is 0.271 e. The Hall–Kier alpha value is -3.21. The van der Waals surface area contributed by atoms with Crippen LogP contribution in [0, 0.1) is 0 Å². The van der Waals surface area contributed by atoms with Crippen molar-refractivity contribution in [1.29, 1.82) is 0 Å². The number of anilines is 1. The number of nitrogens with one attached hydrogen (secondary N) is 1. The van der Waals surface area contributed by atoms with Gasteiger partial charge in [-0.1, -0.05) is 54.6 Å². The monoisotopic (exact) mass is 358 g/mol. The molecule has 136 valence electrons. The van der Waals surface area contributed by atoms with E-state index in [0.29, 0.717) is 5.69 Å². The van der Waals surface area contributed by atoms with Gasteiger partial charge in [0.25, 0.3) is 5.91 Å². The number of amides is 1. The van der Waals surface area contributed by atoms with Crippen LogP contribution >= 0.6 is 0 Å². The molecule has 0 bridgehead atoms. The number of rotatable bonds is 4. The van der Waals surface area contributed by atoms with Crippen LogP contribution in [0.15, 0.2) is 67.0 Å². The van der Waals surface area contributed by atoms with Crippen LogP contribution in [-0.2, 0) is 13.0 Å². The first-order valence-electron chi connectivity index (χ1n) is 9.20. The Morgan fingerprint density at radius 2 is 1.74 bits per heavy atom. The highest BCUT2D eigenvalue weighted by Crippen LogP contribution is 2.22. The van der Waals surface area contributed by atoms with Gasteiger partial charge in [-0.2, -0.15) is 0 Å². The largest absolute Gasteiger partial charge is 0.351 e. The zero-order valence-corrected chi connectivity index (χ0v) is 15.3. The van der Waals surface area contributed by atoms with Crippen molar-refractivity contribution in [2.75, 3.05) is 11.4 Å². The summed E-state index contributed by atoms with van der Waals surface area (Å²) in [5.74, 6) is 0.589. The lowest BCUT2D eigenvalue weighted by atomic mass is 10.0. The van der Waals surface area contributed by atoms with E-state index in [0.717, 1.165) is 30.9 Å². The molecule has 2 aromatic carbocycles. The fraction of sp³-hybridized carbons (Fsp3) is 0.227. The Morgan fingerprint density at radius 3 is 2.48 bits per heavy atom. The summed E-state index contributed by atoms with van der Waals surface area (Å²) in [6, 6.07) is 18.3. The number of carbonyl (C=O) groups is 1. The molecular formula is C22H22N4O. The Balaban J connectivity index is 1.42. The van der Waals surface area contributed by atoms with Crippen LogP contribution in [0.25, 0.3) is 0 Å². The third-order valence-corrected chi connectivity index (χ3v) is 4.97. The van der Waals surface area contributed by atoms with Gasteiger partial charge in [0, 0.05) is 13.1 Å². The summed E-state index contributed by atoms with van der Waals surface area (Å²) in [4.78, 5) is 23.5. The van der Waals surface area contributed by atoms with E-state index < -0.39 is 0 Å². The van der Waals surface area contributed by atoms with Crippen molar-refractivity contribution in [2.24, 2.45) is 0 Å². The van der Waals surface area contributed by atoms with Crippen molar-refractivity contribution in [3.8, 4) is 0 Å². The molecular weight excluding hydrogens is 336 g/mol. The predicted molar refractivity (Wildman–Crippen MR) is 106 cm³/mol. The topological polar surface area (TPSA) is 58.1 Å². The third-order valence-electron chi connectivity index (χ3n) is 4.97. The molecule has 1 N–H and O–H groups in total. The molecule has 1 amide bonds. The smallest absolute Gasteiger partial charge is 0.271 e. The van der Waals surface area contributed by atoms with Gasteiger partial charge in [0.15, 0.2) is 0 Å². The van der Waals surface area contributed by atoms with Crippen LogP contribution in [0.5, 0.6) is 0 Å². The third kappa shape index (κ3) is 3.82. The molecule has 1 aromatic heterocycles. The molecule has 0 aliphatic carbocycles. The summed E-state index contributed by atoms with van der Waals surface area (Å²) in [7, 11) is 0. The molecule has 1 atom stereocenters. The minimum absolute atomic E-state index is 0.0845. The quantitative estimate of drug-likeness (QED) is 0.775.